The van der Waals surface area contributed by atoms with Crippen molar-refractivity contribution in [1.82, 2.24) is 5.32 Å². The third-order valence-electron chi connectivity index (χ3n) is 3.26. The number of carbonyl (C=O) groups excluding carboxylic acids is 1. The van der Waals surface area contributed by atoms with Crippen LogP contribution in [0.3, 0.4) is 0 Å². The second-order valence-corrected chi connectivity index (χ2v) is 4.77. The molecule has 0 fully saturated rings. The Morgan fingerprint density at radius 3 is 2.60 bits per heavy atom. The molecule has 0 spiro atoms. The van der Waals surface area contributed by atoms with Crippen molar-refractivity contribution >= 4 is 5.91 Å². The van der Waals surface area contributed by atoms with Gasteiger partial charge < -0.3 is 20.5 Å². The Hall–Kier alpha value is -1.75. The van der Waals surface area contributed by atoms with Crippen molar-refractivity contribution in [3.05, 3.63) is 23.8 Å². The first-order valence-electron chi connectivity index (χ1n) is 6.78. The SMILES string of the molecule is CCC(N)CC(=O)NC(C)c1ccc(OC)cc1OC. The molecule has 2 unspecified atom stereocenters. The van der Waals surface area contributed by atoms with E-state index < -0.39 is 0 Å². The van der Waals surface area contributed by atoms with E-state index in [1.54, 1.807) is 20.3 Å². The normalized spacial score (nSPS) is 13.4. The molecule has 5 nitrogen and oxygen atoms in total. The molecule has 0 heterocycles. The van der Waals surface area contributed by atoms with Crippen LogP contribution in [0.4, 0.5) is 0 Å². The van der Waals surface area contributed by atoms with E-state index in [0.29, 0.717) is 12.2 Å². The number of ether oxygens (including phenoxy) is 2. The number of methoxy groups -OCH3 is 2. The number of amides is 1. The van der Waals surface area contributed by atoms with Crippen LogP contribution in [0.15, 0.2) is 18.2 Å². The highest BCUT2D eigenvalue weighted by Gasteiger charge is 2.16. The fourth-order valence-electron chi connectivity index (χ4n) is 1.94. The largest absolute Gasteiger partial charge is 0.497 e. The van der Waals surface area contributed by atoms with Crippen molar-refractivity contribution in [2.75, 3.05) is 14.2 Å². The molecule has 0 aliphatic carbocycles. The van der Waals surface area contributed by atoms with Gasteiger partial charge in [0.1, 0.15) is 11.5 Å². The minimum absolute atomic E-state index is 0.0512. The highest BCUT2D eigenvalue weighted by Crippen LogP contribution is 2.29. The number of carbonyl (C=O) groups is 1. The average molecular weight is 280 g/mol. The molecule has 3 N–H and O–H groups in total. The van der Waals surface area contributed by atoms with Gasteiger partial charge in [-0.3, -0.25) is 4.79 Å². The lowest BCUT2D eigenvalue weighted by Crippen LogP contribution is -2.33. The summed E-state index contributed by atoms with van der Waals surface area (Å²) in [5.74, 6) is 1.36. The smallest absolute Gasteiger partial charge is 0.222 e. The predicted octanol–water partition coefficient (Wildman–Crippen LogP) is 2.01. The number of hydrogen-bond donors (Lipinski definition) is 2. The van der Waals surface area contributed by atoms with Crippen LogP contribution in [-0.4, -0.2) is 26.2 Å². The van der Waals surface area contributed by atoms with Crippen LogP contribution in [-0.2, 0) is 4.79 Å². The first kappa shape index (κ1) is 16.3. The van der Waals surface area contributed by atoms with E-state index in [-0.39, 0.29) is 18.0 Å². The molecule has 5 heteroatoms. The number of nitrogens with two attached hydrogens (primary N) is 1. The summed E-state index contributed by atoms with van der Waals surface area (Å²) in [5, 5.41) is 2.93. The fourth-order valence-corrected chi connectivity index (χ4v) is 1.94. The van der Waals surface area contributed by atoms with Gasteiger partial charge in [0.05, 0.1) is 20.3 Å². The number of benzene rings is 1. The van der Waals surface area contributed by atoms with Crippen LogP contribution in [0, 0.1) is 0 Å². The third-order valence-corrected chi connectivity index (χ3v) is 3.26. The third kappa shape index (κ3) is 4.42. The first-order valence-corrected chi connectivity index (χ1v) is 6.78. The number of hydrogen-bond acceptors (Lipinski definition) is 4. The minimum atomic E-state index is -0.146. The minimum Gasteiger partial charge on any atom is -0.497 e. The summed E-state index contributed by atoms with van der Waals surface area (Å²) < 4.78 is 10.5. The summed E-state index contributed by atoms with van der Waals surface area (Å²) in [4.78, 5) is 11.9. The van der Waals surface area contributed by atoms with Gasteiger partial charge in [-0.15, -0.1) is 0 Å². The van der Waals surface area contributed by atoms with Gasteiger partial charge >= 0.3 is 0 Å². The standard InChI is InChI=1S/C15H24N2O3/c1-5-11(16)8-15(18)17-10(2)13-7-6-12(19-3)9-14(13)20-4/h6-7,9-11H,5,8,16H2,1-4H3,(H,17,18). The van der Waals surface area contributed by atoms with E-state index in [1.165, 1.54) is 0 Å². The molecule has 1 aromatic carbocycles. The van der Waals surface area contributed by atoms with Crippen LogP contribution < -0.4 is 20.5 Å². The van der Waals surface area contributed by atoms with Gasteiger partial charge in [0.25, 0.3) is 0 Å². The Morgan fingerprint density at radius 1 is 1.35 bits per heavy atom. The van der Waals surface area contributed by atoms with Crippen molar-refractivity contribution < 1.29 is 14.3 Å². The van der Waals surface area contributed by atoms with Crippen LogP contribution in [0.1, 0.15) is 38.3 Å². The zero-order valence-corrected chi connectivity index (χ0v) is 12.6. The van der Waals surface area contributed by atoms with Crippen molar-refractivity contribution in [3.63, 3.8) is 0 Å². The maximum Gasteiger partial charge on any atom is 0.222 e. The molecule has 1 amide bonds. The molecule has 112 valence electrons. The Labute approximate surface area is 120 Å². The van der Waals surface area contributed by atoms with E-state index in [9.17, 15) is 4.79 Å². The highest BCUT2D eigenvalue weighted by atomic mass is 16.5. The first-order chi connectivity index (χ1) is 9.51. The molecule has 0 saturated heterocycles. The lowest BCUT2D eigenvalue weighted by atomic mass is 10.1. The highest BCUT2D eigenvalue weighted by molar-refractivity contribution is 5.77. The lowest BCUT2D eigenvalue weighted by Gasteiger charge is -2.19. The van der Waals surface area contributed by atoms with E-state index in [4.69, 9.17) is 15.2 Å². The number of nitrogens with one attached hydrogen (secondary N) is 1. The average Bonchev–Trinajstić information content (AvgIpc) is 2.45. The van der Waals surface area contributed by atoms with Crippen molar-refractivity contribution in [2.24, 2.45) is 5.73 Å². The summed E-state index contributed by atoms with van der Waals surface area (Å²) in [6.45, 7) is 3.88. The molecular formula is C15H24N2O3. The predicted molar refractivity (Wildman–Crippen MR) is 79.0 cm³/mol. The van der Waals surface area contributed by atoms with Gasteiger partial charge in [-0.25, -0.2) is 0 Å². The summed E-state index contributed by atoms with van der Waals surface area (Å²) in [5.41, 5.74) is 6.69. The van der Waals surface area contributed by atoms with E-state index in [0.717, 1.165) is 17.7 Å². The fraction of sp³-hybridized carbons (Fsp3) is 0.533. The monoisotopic (exact) mass is 280 g/mol. The van der Waals surface area contributed by atoms with E-state index >= 15 is 0 Å². The van der Waals surface area contributed by atoms with Gasteiger partial charge in [-0.05, 0) is 25.5 Å². The Bertz CT molecular complexity index is 449. The van der Waals surface area contributed by atoms with Gasteiger partial charge in [-0.1, -0.05) is 6.92 Å². The van der Waals surface area contributed by atoms with Gasteiger partial charge in [0, 0.05) is 24.1 Å². The van der Waals surface area contributed by atoms with Crippen LogP contribution in [0.2, 0.25) is 0 Å². The topological polar surface area (TPSA) is 73.6 Å². The molecule has 0 aliphatic heterocycles. The molecule has 0 aliphatic rings. The quantitative estimate of drug-likeness (QED) is 0.801. The molecule has 1 rings (SSSR count). The van der Waals surface area contributed by atoms with Gasteiger partial charge in [-0.2, -0.15) is 0 Å². The molecule has 0 aromatic heterocycles. The van der Waals surface area contributed by atoms with Crippen molar-refractivity contribution in [1.29, 1.82) is 0 Å². The molecule has 0 bridgehead atoms. The Balaban J connectivity index is 2.76. The summed E-state index contributed by atoms with van der Waals surface area (Å²) in [6, 6.07) is 5.29. The molecule has 20 heavy (non-hydrogen) atoms. The second kappa shape index (κ2) is 7.75. The summed E-state index contributed by atoms with van der Waals surface area (Å²) in [6.07, 6.45) is 1.12. The van der Waals surface area contributed by atoms with Crippen molar-refractivity contribution in [2.45, 2.75) is 38.8 Å². The summed E-state index contributed by atoms with van der Waals surface area (Å²) in [7, 11) is 3.20. The van der Waals surface area contributed by atoms with E-state index in [1.807, 2.05) is 26.0 Å². The summed E-state index contributed by atoms with van der Waals surface area (Å²) >= 11 is 0. The van der Waals surface area contributed by atoms with Crippen LogP contribution in [0.25, 0.3) is 0 Å². The second-order valence-electron chi connectivity index (χ2n) is 4.77. The van der Waals surface area contributed by atoms with Crippen LogP contribution in [0.5, 0.6) is 11.5 Å². The lowest BCUT2D eigenvalue weighted by molar-refractivity contribution is -0.122. The van der Waals surface area contributed by atoms with Gasteiger partial charge in [0.2, 0.25) is 5.91 Å². The van der Waals surface area contributed by atoms with Crippen molar-refractivity contribution in [3.8, 4) is 11.5 Å². The Morgan fingerprint density at radius 2 is 2.05 bits per heavy atom. The maximum atomic E-state index is 11.9. The van der Waals surface area contributed by atoms with Crippen LogP contribution >= 0.6 is 0 Å². The Kier molecular flexibility index (Phi) is 6.31. The zero-order valence-electron chi connectivity index (χ0n) is 12.6. The van der Waals surface area contributed by atoms with E-state index in [2.05, 4.69) is 5.32 Å². The number of rotatable bonds is 7. The molecule has 1 aromatic rings. The molecular weight excluding hydrogens is 256 g/mol. The zero-order chi connectivity index (χ0) is 15.1. The molecule has 0 radical (unpaired) electrons. The molecule has 0 saturated carbocycles. The molecule has 2 atom stereocenters. The van der Waals surface area contributed by atoms with Gasteiger partial charge in [0.15, 0.2) is 0 Å². The maximum absolute atomic E-state index is 11.9.